The van der Waals surface area contributed by atoms with E-state index in [2.05, 4.69) is 22.9 Å². The minimum Gasteiger partial charge on any atom is -0.496 e. The molecule has 0 atom stereocenters. The molecule has 0 bridgehead atoms. The molecule has 4 aromatic carbocycles. The lowest BCUT2D eigenvalue weighted by molar-refractivity contribution is -0.114. The van der Waals surface area contributed by atoms with Crippen molar-refractivity contribution in [2.24, 2.45) is 0 Å². The maximum atomic E-state index is 13.6. The molecule has 0 radical (unpaired) electrons. The molecule has 0 heterocycles. The number of aryl methyl sites for hydroxylation is 2. The zero-order valence-electron chi connectivity index (χ0n) is 26.4. The van der Waals surface area contributed by atoms with Crippen molar-refractivity contribution in [3.8, 4) is 17.2 Å². The number of hydrogen-bond acceptors (Lipinski definition) is 7. The quantitative estimate of drug-likeness (QED) is 0.110. The van der Waals surface area contributed by atoms with Gasteiger partial charge in [-0.3, -0.25) is 14.4 Å². The molecule has 3 amide bonds. The van der Waals surface area contributed by atoms with Gasteiger partial charge in [-0.25, -0.2) is 0 Å². The Balaban J connectivity index is 1.50. The van der Waals surface area contributed by atoms with Crippen molar-refractivity contribution < 1.29 is 28.6 Å². The minimum atomic E-state index is -0.550. The van der Waals surface area contributed by atoms with Crippen molar-refractivity contribution in [2.75, 3.05) is 37.7 Å². The molecule has 9 nitrogen and oxygen atoms in total. The predicted octanol–water partition coefficient (Wildman–Crippen LogP) is 6.72. The van der Waals surface area contributed by atoms with Crippen LogP contribution < -0.4 is 30.2 Å². The molecule has 4 rings (SSSR count). The van der Waals surface area contributed by atoms with Crippen molar-refractivity contribution in [1.82, 2.24) is 5.32 Å². The van der Waals surface area contributed by atoms with E-state index < -0.39 is 11.8 Å². The number of carbonyl (C=O) groups excluding carboxylic acids is 3. The molecule has 0 saturated carbocycles. The second-order valence-corrected chi connectivity index (χ2v) is 11.2. The molecule has 10 heteroatoms. The van der Waals surface area contributed by atoms with Gasteiger partial charge in [-0.15, -0.1) is 11.8 Å². The predicted molar refractivity (Wildman–Crippen MR) is 183 cm³/mol. The van der Waals surface area contributed by atoms with Crippen molar-refractivity contribution in [1.29, 1.82) is 0 Å². The second kappa shape index (κ2) is 16.2. The highest BCUT2D eigenvalue weighted by molar-refractivity contribution is 8.00. The molecular weight excluding hydrogens is 602 g/mol. The van der Waals surface area contributed by atoms with Gasteiger partial charge in [0.1, 0.15) is 11.4 Å². The van der Waals surface area contributed by atoms with Crippen LogP contribution in [0.5, 0.6) is 17.2 Å². The van der Waals surface area contributed by atoms with Gasteiger partial charge in [0.05, 0.1) is 27.1 Å². The largest absolute Gasteiger partial charge is 0.496 e. The molecule has 46 heavy (non-hydrogen) atoms. The lowest BCUT2D eigenvalue weighted by Crippen LogP contribution is -2.30. The summed E-state index contributed by atoms with van der Waals surface area (Å²) in [5, 5.41) is 8.61. The van der Waals surface area contributed by atoms with Crippen LogP contribution in [0.4, 0.5) is 11.4 Å². The van der Waals surface area contributed by atoms with Crippen LogP contribution in [0, 0.1) is 6.92 Å². The van der Waals surface area contributed by atoms with Crippen LogP contribution >= 0.6 is 11.8 Å². The number of para-hydroxylation sites is 1. The fraction of sp³-hybridized carbons (Fsp3) is 0.194. The molecular formula is C36H37N3O6S. The highest BCUT2D eigenvalue weighted by Crippen LogP contribution is 2.35. The zero-order valence-corrected chi connectivity index (χ0v) is 27.2. The van der Waals surface area contributed by atoms with Crippen LogP contribution in [0.25, 0.3) is 6.08 Å². The normalized spacial score (nSPS) is 10.9. The molecule has 0 aliphatic carbocycles. The monoisotopic (exact) mass is 639 g/mol. The number of hydrogen-bond donors (Lipinski definition) is 3. The van der Waals surface area contributed by atoms with Crippen molar-refractivity contribution in [3.05, 3.63) is 113 Å². The first-order valence-electron chi connectivity index (χ1n) is 14.6. The molecule has 0 aliphatic heterocycles. The first-order chi connectivity index (χ1) is 22.3. The summed E-state index contributed by atoms with van der Waals surface area (Å²) in [7, 11) is 4.51. The van der Waals surface area contributed by atoms with Crippen molar-refractivity contribution in [2.45, 2.75) is 25.2 Å². The smallest absolute Gasteiger partial charge is 0.272 e. The van der Waals surface area contributed by atoms with Gasteiger partial charge in [-0.1, -0.05) is 43.3 Å². The Kier molecular flexibility index (Phi) is 11.9. The number of anilines is 2. The number of rotatable bonds is 13. The van der Waals surface area contributed by atoms with Gasteiger partial charge in [0.2, 0.25) is 5.91 Å². The summed E-state index contributed by atoms with van der Waals surface area (Å²) >= 11 is 1.39. The first kappa shape index (κ1) is 33.7. The molecule has 0 fully saturated rings. The average molecular weight is 640 g/mol. The fourth-order valence-electron chi connectivity index (χ4n) is 4.62. The number of ether oxygens (including phenoxy) is 3. The van der Waals surface area contributed by atoms with Gasteiger partial charge in [-0.05, 0) is 73.0 Å². The van der Waals surface area contributed by atoms with E-state index in [1.54, 1.807) is 54.6 Å². The van der Waals surface area contributed by atoms with Crippen LogP contribution in [-0.2, 0) is 16.0 Å². The van der Waals surface area contributed by atoms with Gasteiger partial charge >= 0.3 is 0 Å². The molecule has 238 valence electrons. The van der Waals surface area contributed by atoms with Crippen molar-refractivity contribution in [3.63, 3.8) is 0 Å². The third kappa shape index (κ3) is 8.70. The number of methoxy groups -OCH3 is 3. The highest BCUT2D eigenvalue weighted by Gasteiger charge is 2.18. The van der Waals surface area contributed by atoms with Gasteiger partial charge in [0.25, 0.3) is 11.8 Å². The Morgan fingerprint density at radius 3 is 2.11 bits per heavy atom. The van der Waals surface area contributed by atoms with Crippen LogP contribution in [0.3, 0.4) is 0 Å². The summed E-state index contributed by atoms with van der Waals surface area (Å²) < 4.78 is 16.3. The fourth-order valence-corrected chi connectivity index (χ4v) is 5.32. The Morgan fingerprint density at radius 2 is 1.46 bits per heavy atom. The lowest BCUT2D eigenvalue weighted by Gasteiger charge is -2.15. The molecule has 0 aliphatic rings. The number of amides is 3. The number of carbonyl (C=O) groups is 3. The molecule has 0 saturated heterocycles. The average Bonchev–Trinajstić information content (AvgIpc) is 3.08. The van der Waals surface area contributed by atoms with E-state index in [9.17, 15) is 14.4 Å². The van der Waals surface area contributed by atoms with E-state index in [4.69, 9.17) is 14.2 Å². The second-order valence-electron chi connectivity index (χ2n) is 10.1. The molecule has 0 spiro atoms. The maximum Gasteiger partial charge on any atom is 0.272 e. The summed E-state index contributed by atoms with van der Waals surface area (Å²) in [4.78, 5) is 40.2. The van der Waals surface area contributed by atoms with Crippen LogP contribution in [-0.4, -0.2) is 44.8 Å². The SMILES string of the molecule is CCc1cccc(C)c1NC(=O)CSc1ccc(NC(=O)/C(=C/c2cc(OC)c(OC)cc2OC)NC(=O)c2ccccc2)cc1. The van der Waals surface area contributed by atoms with Gasteiger partial charge in [0, 0.05) is 33.5 Å². The Hall–Kier alpha value is -5.22. The minimum absolute atomic E-state index is 0.0165. The van der Waals surface area contributed by atoms with Crippen molar-refractivity contribution >= 4 is 46.9 Å². The van der Waals surface area contributed by atoms with Crippen LogP contribution in [0.1, 0.15) is 34.0 Å². The number of benzene rings is 4. The zero-order chi connectivity index (χ0) is 33.1. The summed E-state index contributed by atoms with van der Waals surface area (Å²) in [6.45, 7) is 4.04. The Morgan fingerprint density at radius 1 is 0.783 bits per heavy atom. The van der Waals surface area contributed by atoms with E-state index in [0.717, 1.165) is 28.1 Å². The van der Waals surface area contributed by atoms with E-state index in [-0.39, 0.29) is 17.4 Å². The number of nitrogens with one attached hydrogen (secondary N) is 3. The topological polar surface area (TPSA) is 115 Å². The first-order valence-corrected chi connectivity index (χ1v) is 15.6. The Bertz CT molecular complexity index is 1720. The van der Waals surface area contributed by atoms with E-state index in [1.165, 1.54) is 39.2 Å². The third-order valence-electron chi connectivity index (χ3n) is 7.05. The summed E-state index contributed by atoms with van der Waals surface area (Å²) in [6.07, 6.45) is 2.34. The highest BCUT2D eigenvalue weighted by atomic mass is 32.2. The van der Waals surface area contributed by atoms with Gasteiger partial charge < -0.3 is 30.2 Å². The number of thioether (sulfide) groups is 1. The summed E-state index contributed by atoms with van der Waals surface area (Å²) in [5.74, 6) is 0.419. The maximum absolute atomic E-state index is 13.6. The third-order valence-corrected chi connectivity index (χ3v) is 8.06. The van der Waals surface area contributed by atoms with Gasteiger partial charge in [-0.2, -0.15) is 0 Å². The van der Waals surface area contributed by atoms with Gasteiger partial charge in [0.15, 0.2) is 11.5 Å². The summed E-state index contributed by atoms with van der Waals surface area (Å²) in [5.41, 5.74) is 4.34. The van der Waals surface area contributed by atoms with Crippen LogP contribution in [0.15, 0.2) is 95.5 Å². The van der Waals surface area contributed by atoms with E-state index in [1.807, 2.05) is 37.3 Å². The van der Waals surface area contributed by atoms with Crippen LogP contribution in [0.2, 0.25) is 0 Å². The Labute approximate surface area is 273 Å². The standard InChI is InChI=1S/C36H37N3O6S/c1-6-24-14-10-11-23(2)34(24)39-33(40)22-46-28-17-15-27(16-18-28)37-36(42)29(38-35(41)25-12-8-7-9-13-25)19-26-20-31(44-4)32(45-5)21-30(26)43-3/h7-21H,6,22H2,1-5H3,(H,37,42)(H,38,41)(H,39,40)/b29-19-. The molecule has 4 aromatic rings. The molecule has 0 unspecified atom stereocenters. The van der Waals surface area contributed by atoms with E-state index in [0.29, 0.717) is 34.1 Å². The lowest BCUT2D eigenvalue weighted by atomic mass is 10.1. The molecule has 3 N–H and O–H groups in total. The summed E-state index contributed by atoms with van der Waals surface area (Å²) in [6, 6.07) is 25.0. The van der Waals surface area contributed by atoms with E-state index >= 15 is 0 Å². The molecule has 0 aromatic heterocycles.